The van der Waals surface area contributed by atoms with Gasteiger partial charge in [0, 0.05) is 24.8 Å². The molecule has 0 saturated heterocycles. The second kappa shape index (κ2) is 64.8. The van der Waals surface area contributed by atoms with E-state index >= 15 is 0 Å². The molecule has 0 radical (unpaired) electrons. The molecule has 0 N–H and O–H groups in total. The van der Waals surface area contributed by atoms with E-state index in [-0.39, 0.29) is 56.5 Å². The van der Waals surface area contributed by atoms with Crippen LogP contribution in [0.15, 0.2) is 0 Å². The molecule has 0 fully saturated rings. The minimum Gasteiger partial charge on any atom is -0.550 e. The van der Waals surface area contributed by atoms with Crippen molar-refractivity contribution in [3.63, 3.8) is 0 Å². The summed E-state index contributed by atoms with van der Waals surface area (Å²) in [5.41, 5.74) is 0. The Morgan fingerprint density at radius 3 is 0.644 bits per heavy atom. The molecule has 73 heavy (non-hydrogen) atoms. The first-order valence-electron chi connectivity index (χ1n) is 32.0. The van der Waals surface area contributed by atoms with Crippen molar-refractivity contribution in [1.29, 1.82) is 0 Å². The SMILES string of the molecule is CCCCCCCCCCCCCC(=O)OC(CC)CCCCCCCCCCCCCCC(=O)[O-].CCCCCCCCCCCCCC(=O)OC(CC)CCCCCCCCCCCCCCC(=O)[O-].[Zn+2]. The Labute approximate surface area is 466 Å². The normalized spacial score (nSPS) is 11.9. The summed E-state index contributed by atoms with van der Waals surface area (Å²) in [5.74, 6) is -1.82. The number of unbranched alkanes of at least 4 members (excludes halogenated alkanes) is 42. The smallest absolute Gasteiger partial charge is 0.550 e. The number of rotatable bonds is 58. The summed E-state index contributed by atoms with van der Waals surface area (Å²) in [6.45, 7) is 8.79. The number of carboxylic acid groups (broad SMARTS) is 2. The van der Waals surface area contributed by atoms with E-state index in [4.69, 9.17) is 9.47 Å². The van der Waals surface area contributed by atoms with E-state index in [1.165, 1.54) is 218 Å². The van der Waals surface area contributed by atoms with Gasteiger partial charge >= 0.3 is 31.4 Å². The van der Waals surface area contributed by atoms with E-state index in [2.05, 4.69) is 27.7 Å². The number of hydrogen-bond acceptors (Lipinski definition) is 8. The predicted octanol–water partition coefficient (Wildman–Crippen LogP) is 18.4. The van der Waals surface area contributed by atoms with Crippen molar-refractivity contribution in [2.75, 3.05) is 0 Å². The predicted molar refractivity (Wildman–Crippen MR) is 302 cm³/mol. The van der Waals surface area contributed by atoms with Gasteiger partial charge in [0.2, 0.25) is 0 Å². The molecule has 0 bridgehead atoms. The summed E-state index contributed by atoms with van der Waals surface area (Å²) in [4.78, 5) is 45.1. The molecule has 0 aliphatic carbocycles. The quantitative estimate of drug-likeness (QED) is 0.0334. The minimum atomic E-state index is -0.920. The first-order valence-corrected chi connectivity index (χ1v) is 32.0. The topological polar surface area (TPSA) is 133 Å². The van der Waals surface area contributed by atoms with Gasteiger partial charge in [-0.3, -0.25) is 9.59 Å². The van der Waals surface area contributed by atoms with Crippen molar-refractivity contribution >= 4 is 23.9 Å². The zero-order chi connectivity index (χ0) is 53.1. The van der Waals surface area contributed by atoms with Crippen molar-refractivity contribution in [3.8, 4) is 0 Å². The summed E-state index contributed by atoms with van der Waals surface area (Å²) < 4.78 is 11.5. The molecule has 0 aromatic rings. The van der Waals surface area contributed by atoms with Crippen LogP contribution in [0.25, 0.3) is 0 Å². The first kappa shape index (κ1) is 75.7. The van der Waals surface area contributed by atoms with E-state index in [9.17, 15) is 29.4 Å². The molecule has 0 aliphatic rings. The summed E-state index contributed by atoms with van der Waals surface area (Å²) in [7, 11) is 0. The van der Waals surface area contributed by atoms with Crippen molar-refractivity contribution in [3.05, 3.63) is 0 Å². The fourth-order valence-electron chi connectivity index (χ4n) is 9.87. The van der Waals surface area contributed by atoms with Crippen LogP contribution < -0.4 is 10.2 Å². The van der Waals surface area contributed by atoms with Gasteiger partial charge in [0.25, 0.3) is 0 Å². The number of carbonyl (C=O) groups is 4. The third kappa shape index (κ3) is 66.6. The Hall–Kier alpha value is -1.50. The number of carboxylic acids is 2. The third-order valence-electron chi connectivity index (χ3n) is 14.8. The molecule has 0 amide bonds. The van der Waals surface area contributed by atoms with Crippen molar-refractivity contribution in [1.82, 2.24) is 0 Å². The Bertz CT molecular complexity index is 1050. The molecular weight excluding hydrogens is 962 g/mol. The monoisotopic (exact) mass is 1080 g/mol. The van der Waals surface area contributed by atoms with Crippen LogP contribution in [-0.2, 0) is 48.1 Å². The molecule has 0 spiro atoms. The zero-order valence-electron chi connectivity index (χ0n) is 49.3. The number of esters is 2. The average Bonchev–Trinajstić information content (AvgIpc) is 3.36. The first-order chi connectivity index (χ1) is 35.2. The van der Waals surface area contributed by atoms with Crippen LogP contribution in [0.4, 0.5) is 0 Å². The van der Waals surface area contributed by atoms with Gasteiger partial charge in [-0.25, -0.2) is 0 Å². The average molecular weight is 1090 g/mol. The maximum absolute atomic E-state index is 12.2. The molecule has 2 unspecified atom stereocenters. The fraction of sp³-hybridized carbons (Fsp3) is 0.938. The van der Waals surface area contributed by atoms with Crippen LogP contribution in [-0.4, -0.2) is 36.1 Å². The Balaban J connectivity index is -0.00000132. The van der Waals surface area contributed by atoms with E-state index in [0.717, 1.165) is 103 Å². The molecular formula is C64H122O8Zn. The largest absolute Gasteiger partial charge is 2.00 e. The van der Waals surface area contributed by atoms with Gasteiger partial charge in [-0.15, -0.1) is 0 Å². The van der Waals surface area contributed by atoms with E-state index < -0.39 is 11.9 Å². The van der Waals surface area contributed by atoms with Crippen molar-refractivity contribution < 1.29 is 58.3 Å². The van der Waals surface area contributed by atoms with Crippen molar-refractivity contribution in [2.45, 2.75) is 387 Å². The fourth-order valence-corrected chi connectivity index (χ4v) is 9.87. The Morgan fingerprint density at radius 2 is 0.452 bits per heavy atom. The van der Waals surface area contributed by atoms with Crippen LogP contribution in [0.3, 0.4) is 0 Å². The number of ether oxygens (including phenoxy) is 2. The summed E-state index contributed by atoms with van der Waals surface area (Å²) in [6.07, 6.45) is 63.1. The number of carbonyl (C=O) groups excluding carboxylic acids is 4. The molecule has 9 heteroatoms. The van der Waals surface area contributed by atoms with Crippen LogP contribution >= 0.6 is 0 Å². The summed E-state index contributed by atoms with van der Waals surface area (Å²) >= 11 is 0. The molecule has 0 saturated carbocycles. The molecule has 0 heterocycles. The zero-order valence-corrected chi connectivity index (χ0v) is 52.3. The number of aliphatic carboxylic acids is 2. The molecule has 428 valence electrons. The van der Waals surface area contributed by atoms with E-state index in [1.807, 2.05) is 0 Å². The summed E-state index contributed by atoms with van der Waals surface area (Å²) in [6, 6.07) is 0. The van der Waals surface area contributed by atoms with Gasteiger partial charge in [-0.2, -0.15) is 0 Å². The second-order valence-electron chi connectivity index (χ2n) is 21.9. The standard InChI is InChI=1S/2C32H62O4.Zn/c2*1-3-5-6-7-8-9-12-17-20-23-26-29-32(35)36-30(4-2)27-24-21-18-15-13-10-11-14-16-19-22-25-28-31(33)34;/h2*30H,3-29H2,1-2H3,(H,33,34);/q;;+2/p-2. The van der Waals surface area contributed by atoms with E-state index in [0.29, 0.717) is 12.8 Å². The van der Waals surface area contributed by atoms with Crippen molar-refractivity contribution in [2.24, 2.45) is 0 Å². The molecule has 0 aromatic carbocycles. The molecule has 0 rings (SSSR count). The van der Waals surface area contributed by atoms with Gasteiger partial charge in [-0.05, 0) is 77.0 Å². The van der Waals surface area contributed by atoms with Crippen LogP contribution in [0, 0.1) is 0 Å². The maximum Gasteiger partial charge on any atom is 2.00 e. The van der Waals surface area contributed by atoms with Crippen LogP contribution in [0.2, 0.25) is 0 Å². The summed E-state index contributed by atoms with van der Waals surface area (Å²) in [5, 5.41) is 20.7. The third-order valence-corrected chi connectivity index (χ3v) is 14.8. The molecule has 0 aliphatic heterocycles. The molecule has 0 aromatic heterocycles. The van der Waals surface area contributed by atoms with Gasteiger partial charge in [0.1, 0.15) is 12.2 Å². The molecule has 8 nitrogen and oxygen atoms in total. The second-order valence-corrected chi connectivity index (χ2v) is 21.9. The van der Waals surface area contributed by atoms with Gasteiger partial charge in [0.05, 0.1) is 0 Å². The van der Waals surface area contributed by atoms with Crippen LogP contribution in [0.1, 0.15) is 374 Å². The molecule has 2 atom stereocenters. The number of hydrogen-bond donors (Lipinski definition) is 0. The minimum absolute atomic E-state index is 0. The Kier molecular flexibility index (Phi) is 67.2. The van der Waals surface area contributed by atoms with Crippen LogP contribution in [0.5, 0.6) is 0 Å². The van der Waals surface area contributed by atoms with E-state index in [1.54, 1.807) is 0 Å². The Morgan fingerprint density at radius 1 is 0.274 bits per heavy atom. The van der Waals surface area contributed by atoms with Gasteiger partial charge in [0.15, 0.2) is 0 Å². The van der Waals surface area contributed by atoms with Gasteiger partial charge in [-0.1, -0.05) is 285 Å². The maximum atomic E-state index is 12.2. The van der Waals surface area contributed by atoms with Gasteiger partial charge < -0.3 is 29.3 Å².